The van der Waals surface area contributed by atoms with Gasteiger partial charge in [-0.1, -0.05) is 17.7 Å². The van der Waals surface area contributed by atoms with Gasteiger partial charge in [-0.25, -0.2) is 9.18 Å². The fraction of sp³-hybridized carbons (Fsp3) is 0.467. The van der Waals surface area contributed by atoms with Crippen LogP contribution in [0.25, 0.3) is 0 Å². The van der Waals surface area contributed by atoms with E-state index in [2.05, 4.69) is 15.7 Å². The number of nitrogens with zero attached hydrogens (tertiary/aromatic N) is 4. The molecular weight excluding hydrogens is 337 g/mol. The minimum atomic E-state index is -0.545. The molecule has 1 atom stereocenters. The summed E-state index contributed by atoms with van der Waals surface area (Å²) in [5, 5.41) is 10.2. The quantitative estimate of drug-likeness (QED) is 0.853. The predicted octanol–water partition coefficient (Wildman–Crippen LogP) is 1.52. The Morgan fingerprint density at radius 2 is 2.21 bits per heavy atom. The first-order valence-corrected chi connectivity index (χ1v) is 8.06. The van der Waals surface area contributed by atoms with Crippen molar-refractivity contribution in [2.45, 2.75) is 38.9 Å². The molecule has 1 aliphatic rings. The molecule has 1 aromatic carbocycles. The Labute approximate surface area is 142 Å². The average Bonchev–Trinajstić information content (AvgIpc) is 3.34. The van der Waals surface area contributed by atoms with Crippen LogP contribution in [0, 0.1) is 11.7 Å². The Balaban J connectivity index is 1.58. The van der Waals surface area contributed by atoms with Crippen molar-refractivity contribution in [3.63, 3.8) is 0 Å². The molecule has 1 saturated carbocycles. The van der Waals surface area contributed by atoms with E-state index in [-0.39, 0.29) is 24.2 Å². The summed E-state index contributed by atoms with van der Waals surface area (Å²) in [6.45, 7) is 1.83. The van der Waals surface area contributed by atoms with E-state index >= 15 is 0 Å². The third kappa shape index (κ3) is 3.64. The molecule has 0 aliphatic heterocycles. The standard InChI is InChI=1S/C15H17ClFN5O2/c1-9(11-3-4-11)22-15(24)21(19-20-22)8-14(23)18-7-10-2-5-12(16)13(17)6-10/h2,5-6,9,11H,3-4,7-8H2,1H3,(H,18,23). The van der Waals surface area contributed by atoms with E-state index in [1.54, 1.807) is 6.07 Å². The van der Waals surface area contributed by atoms with Gasteiger partial charge in [-0.3, -0.25) is 4.79 Å². The molecule has 1 heterocycles. The summed E-state index contributed by atoms with van der Waals surface area (Å²) >= 11 is 5.60. The van der Waals surface area contributed by atoms with Crippen LogP contribution in [-0.4, -0.2) is 25.7 Å². The SMILES string of the molecule is CC(C1CC1)n1nnn(CC(=O)NCc2ccc(Cl)c(F)c2)c1=O. The second-order valence-electron chi connectivity index (χ2n) is 5.97. The van der Waals surface area contributed by atoms with Crippen LogP contribution in [0.1, 0.15) is 31.4 Å². The molecule has 128 valence electrons. The molecule has 24 heavy (non-hydrogen) atoms. The van der Waals surface area contributed by atoms with Crippen molar-refractivity contribution in [2.75, 3.05) is 0 Å². The number of hydrogen-bond acceptors (Lipinski definition) is 4. The summed E-state index contributed by atoms with van der Waals surface area (Å²) in [5.74, 6) is -0.489. The number of halogens is 2. The van der Waals surface area contributed by atoms with Crippen LogP contribution in [0.15, 0.2) is 23.0 Å². The Morgan fingerprint density at radius 1 is 1.46 bits per heavy atom. The van der Waals surface area contributed by atoms with Crippen LogP contribution in [0.3, 0.4) is 0 Å². The van der Waals surface area contributed by atoms with Gasteiger partial charge in [-0.05, 0) is 53.8 Å². The van der Waals surface area contributed by atoms with Crippen LogP contribution in [0.5, 0.6) is 0 Å². The van der Waals surface area contributed by atoms with Crippen molar-refractivity contribution in [3.05, 3.63) is 45.1 Å². The molecule has 0 saturated heterocycles. The molecule has 1 aliphatic carbocycles. The van der Waals surface area contributed by atoms with E-state index in [1.165, 1.54) is 16.8 Å². The van der Waals surface area contributed by atoms with E-state index in [4.69, 9.17) is 11.6 Å². The number of hydrogen-bond donors (Lipinski definition) is 1. The largest absolute Gasteiger partial charge is 0.364 e. The average molecular weight is 354 g/mol. The maximum atomic E-state index is 13.3. The van der Waals surface area contributed by atoms with Crippen molar-refractivity contribution in [3.8, 4) is 0 Å². The zero-order valence-corrected chi connectivity index (χ0v) is 13.8. The molecule has 1 amide bonds. The van der Waals surface area contributed by atoms with E-state index < -0.39 is 17.4 Å². The lowest BCUT2D eigenvalue weighted by atomic mass is 10.2. The molecule has 1 unspecified atom stereocenters. The van der Waals surface area contributed by atoms with E-state index in [1.807, 2.05) is 6.92 Å². The molecule has 0 radical (unpaired) electrons. The van der Waals surface area contributed by atoms with Crippen molar-refractivity contribution in [2.24, 2.45) is 5.92 Å². The van der Waals surface area contributed by atoms with Gasteiger partial charge in [0.2, 0.25) is 5.91 Å². The lowest BCUT2D eigenvalue weighted by Gasteiger charge is -2.07. The molecule has 7 nitrogen and oxygen atoms in total. The predicted molar refractivity (Wildman–Crippen MR) is 85.0 cm³/mol. The zero-order valence-electron chi connectivity index (χ0n) is 13.1. The fourth-order valence-corrected chi connectivity index (χ4v) is 2.58. The van der Waals surface area contributed by atoms with Crippen molar-refractivity contribution in [1.82, 2.24) is 25.1 Å². The lowest BCUT2D eigenvalue weighted by Crippen LogP contribution is -2.34. The van der Waals surface area contributed by atoms with Gasteiger partial charge in [0.05, 0.1) is 11.1 Å². The van der Waals surface area contributed by atoms with Crippen molar-refractivity contribution < 1.29 is 9.18 Å². The smallest absolute Gasteiger partial charge is 0.350 e. The highest BCUT2D eigenvalue weighted by Gasteiger charge is 2.31. The molecule has 0 bridgehead atoms. The van der Waals surface area contributed by atoms with Gasteiger partial charge in [0.15, 0.2) is 0 Å². The number of tetrazole rings is 1. The topological polar surface area (TPSA) is 81.8 Å². The van der Waals surface area contributed by atoms with Crippen molar-refractivity contribution >= 4 is 17.5 Å². The van der Waals surface area contributed by atoms with Gasteiger partial charge >= 0.3 is 5.69 Å². The molecule has 2 aromatic rings. The van der Waals surface area contributed by atoms with Crippen LogP contribution in [0.4, 0.5) is 4.39 Å². The zero-order chi connectivity index (χ0) is 17.3. The van der Waals surface area contributed by atoms with Gasteiger partial charge in [-0.2, -0.15) is 9.36 Å². The van der Waals surface area contributed by atoms with Crippen molar-refractivity contribution in [1.29, 1.82) is 0 Å². The molecule has 1 fully saturated rings. The number of aromatic nitrogens is 4. The Morgan fingerprint density at radius 3 is 2.88 bits per heavy atom. The highest BCUT2D eigenvalue weighted by atomic mass is 35.5. The number of nitrogens with one attached hydrogen (secondary N) is 1. The minimum absolute atomic E-state index is 0.00801. The summed E-state index contributed by atoms with van der Waals surface area (Å²) in [4.78, 5) is 24.1. The second-order valence-corrected chi connectivity index (χ2v) is 6.37. The Hall–Kier alpha value is -2.22. The van der Waals surface area contributed by atoms with Gasteiger partial charge in [0.1, 0.15) is 12.4 Å². The summed E-state index contributed by atoms with van der Waals surface area (Å²) < 4.78 is 15.7. The first-order valence-electron chi connectivity index (χ1n) is 7.68. The van der Waals surface area contributed by atoms with Crippen LogP contribution < -0.4 is 11.0 Å². The molecule has 1 aromatic heterocycles. The highest BCUT2D eigenvalue weighted by Crippen LogP contribution is 2.38. The monoisotopic (exact) mass is 353 g/mol. The lowest BCUT2D eigenvalue weighted by molar-refractivity contribution is -0.122. The summed E-state index contributed by atoms with van der Waals surface area (Å²) in [6.07, 6.45) is 2.16. The first kappa shape index (κ1) is 16.6. The number of carbonyl (C=O) groups is 1. The highest BCUT2D eigenvalue weighted by molar-refractivity contribution is 6.30. The fourth-order valence-electron chi connectivity index (χ4n) is 2.46. The Kier molecular flexibility index (Phi) is 4.66. The molecule has 3 rings (SSSR count). The number of carbonyl (C=O) groups excluding carboxylic acids is 1. The summed E-state index contributed by atoms with van der Waals surface area (Å²) in [6, 6.07) is 4.29. The third-order valence-electron chi connectivity index (χ3n) is 4.12. The molecule has 9 heteroatoms. The summed E-state index contributed by atoms with van der Waals surface area (Å²) in [7, 11) is 0. The maximum absolute atomic E-state index is 13.3. The first-order chi connectivity index (χ1) is 11.5. The van der Waals surface area contributed by atoms with Gasteiger partial charge in [-0.15, -0.1) is 0 Å². The van der Waals surface area contributed by atoms with Gasteiger partial charge < -0.3 is 5.32 Å². The van der Waals surface area contributed by atoms with Gasteiger partial charge in [0.25, 0.3) is 0 Å². The van der Waals surface area contributed by atoms with Crippen LogP contribution >= 0.6 is 11.6 Å². The Bertz CT molecular complexity index is 814. The third-order valence-corrected chi connectivity index (χ3v) is 4.42. The maximum Gasteiger partial charge on any atom is 0.364 e. The van der Waals surface area contributed by atoms with Crippen LogP contribution in [-0.2, 0) is 17.9 Å². The molecule has 0 spiro atoms. The van der Waals surface area contributed by atoms with E-state index in [9.17, 15) is 14.0 Å². The minimum Gasteiger partial charge on any atom is -0.350 e. The van der Waals surface area contributed by atoms with Gasteiger partial charge in [0, 0.05) is 6.54 Å². The second kappa shape index (κ2) is 6.72. The molecular formula is C15H17ClFN5O2. The normalized spacial score (nSPS) is 15.3. The van der Waals surface area contributed by atoms with E-state index in [0.717, 1.165) is 17.5 Å². The number of rotatable bonds is 6. The van der Waals surface area contributed by atoms with Crippen LogP contribution in [0.2, 0.25) is 5.02 Å². The summed E-state index contributed by atoms with van der Waals surface area (Å²) in [5.41, 5.74) is 0.172. The number of amides is 1. The van der Waals surface area contributed by atoms with E-state index in [0.29, 0.717) is 11.5 Å². The molecule has 1 N–H and O–H groups in total. The number of benzene rings is 1.